The van der Waals surface area contributed by atoms with E-state index in [2.05, 4.69) is 5.32 Å². The van der Waals surface area contributed by atoms with Crippen LogP contribution in [0, 0.1) is 0 Å². The van der Waals surface area contributed by atoms with Crippen LogP contribution in [0.25, 0.3) is 0 Å². The summed E-state index contributed by atoms with van der Waals surface area (Å²) in [5.74, 6) is -0.00314. The van der Waals surface area contributed by atoms with Gasteiger partial charge in [-0.3, -0.25) is 4.79 Å². The molecule has 8 heteroatoms. The number of halogens is 5. The van der Waals surface area contributed by atoms with Gasteiger partial charge in [-0.2, -0.15) is 13.2 Å². The summed E-state index contributed by atoms with van der Waals surface area (Å²) >= 11 is 12.0. The highest BCUT2D eigenvalue weighted by atomic mass is 35.5. The molecule has 1 heterocycles. The third kappa shape index (κ3) is 4.12. The van der Waals surface area contributed by atoms with Gasteiger partial charge in [-0.1, -0.05) is 36.2 Å². The van der Waals surface area contributed by atoms with E-state index in [1.807, 2.05) is 25.1 Å². The lowest BCUT2D eigenvalue weighted by Gasteiger charge is -2.33. The van der Waals surface area contributed by atoms with Gasteiger partial charge in [-0.15, -0.1) is 0 Å². The zero-order valence-electron chi connectivity index (χ0n) is 17.0. The van der Waals surface area contributed by atoms with Crippen LogP contribution in [-0.4, -0.2) is 25.2 Å². The van der Waals surface area contributed by atoms with Gasteiger partial charge in [0.25, 0.3) is 0 Å². The molecule has 0 saturated carbocycles. The smallest absolute Gasteiger partial charge is 0.370 e. The average molecular weight is 471 g/mol. The number of alkyl halides is 3. The lowest BCUT2D eigenvalue weighted by atomic mass is 9.79. The first-order valence-electron chi connectivity index (χ1n) is 10.3. The van der Waals surface area contributed by atoms with Crippen LogP contribution in [0.2, 0.25) is 10.0 Å². The molecule has 2 aliphatic rings. The van der Waals surface area contributed by atoms with Gasteiger partial charge in [0.15, 0.2) is 0 Å². The van der Waals surface area contributed by atoms with Crippen LogP contribution in [0.15, 0.2) is 36.4 Å². The number of fused-ring (bicyclic) bond motifs is 1. The van der Waals surface area contributed by atoms with Crippen LogP contribution >= 0.6 is 23.2 Å². The van der Waals surface area contributed by atoms with E-state index >= 15 is 0 Å². The molecule has 0 bridgehead atoms. The quantitative estimate of drug-likeness (QED) is 0.575. The van der Waals surface area contributed by atoms with Crippen molar-refractivity contribution in [1.82, 2.24) is 5.32 Å². The Morgan fingerprint density at radius 2 is 1.90 bits per heavy atom. The van der Waals surface area contributed by atoms with Gasteiger partial charge in [0, 0.05) is 35.2 Å². The highest BCUT2D eigenvalue weighted by Crippen LogP contribution is 2.49. The summed E-state index contributed by atoms with van der Waals surface area (Å²) in [4.78, 5) is 13.5. The maximum Gasteiger partial charge on any atom is 0.400 e. The van der Waals surface area contributed by atoms with Crippen molar-refractivity contribution in [2.24, 2.45) is 0 Å². The molecule has 1 fully saturated rings. The van der Waals surface area contributed by atoms with E-state index in [9.17, 15) is 18.0 Å². The number of anilines is 1. The van der Waals surface area contributed by atoms with E-state index < -0.39 is 11.6 Å². The SMILES string of the molecule is CCC(=O)NC1CCc2cc(N3CCC(c4cc(Cl)cc(Cl)c4)(C(F)(F)F)C3)ccc21. The van der Waals surface area contributed by atoms with Crippen molar-refractivity contribution < 1.29 is 18.0 Å². The van der Waals surface area contributed by atoms with Gasteiger partial charge in [0.05, 0.1) is 6.04 Å². The van der Waals surface area contributed by atoms with E-state index in [4.69, 9.17) is 23.2 Å². The zero-order valence-corrected chi connectivity index (χ0v) is 18.5. The summed E-state index contributed by atoms with van der Waals surface area (Å²) in [7, 11) is 0. The first-order chi connectivity index (χ1) is 14.6. The van der Waals surface area contributed by atoms with E-state index in [1.54, 1.807) is 4.90 Å². The topological polar surface area (TPSA) is 32.3 Å². The van der Waals surface area contributed by atoms with Crippen molar-refractivity contribution in [2.75, 3.05) is 18.0 Å². The number of amides is 1. The normalized spacial score (nSPS) is 23.2. The molecule has 1 N–H and O–H groups in total. The van der Waals surface area contributed by atoms with Gasteiger partial charge in [0.2, 0.25) is 5.91 Å². The molecule has 2 unspecified atom stereocenters. The molecule has 0 radical (unpaired) electrons. The van der Waals surface area contributed by atoms with Gasteiger partial charge in [-0.25, -0.2) is 0 Å². The maximum atomic E-state index is 14.3. The van der Waals surface area contributed by atoms with E-state index in [-0.39, 0.29) is 47.1 Å². The molecule has 1 saturated heterocycles. The molecule has 2 atom stereocenters. The molecule has 2 aromatic rings. The number of carbonyl (C=O) groups excluding carboxylic acids is 1. The van der Waals surface area contributed by atoms with Crippen LogP contribution in [0.4, 0.5) is 18.9 Å². The first kappa shape index (κ1) is 22.3. The van der Waals surface area contributed by atoms with Crippen molar-refractivity contribution in [3.63, 3.8) is 0 Å². The Kier molecular flexibility index (Phi) is 5.90. The fourth-order valence-electron chi connectivity index (χ4n) is 4.74. The highest BCUT2D eigenvalue weighted by molar-refractivity contribution is 6.34. The molecule has 3 nitrogen and oxygen atoms in total. The molecule has 4 rings (SSSR count). The number of aryl methyl sites for hydroxylation is 1. The van der Waals surface area contributed by atoms with Crippen LogP contribution in [0.5, 0.6) is 0 Å². The minimum Gasteiger partial charge on any atom is -0.370 e. The number of hydrogen-bond donors (Lipinski definition) is 1. The largest absolute Gasteiger partial charge is 0.400 e. The Bertz CT molecular complexity index is 991. The number of rotatable bonds is 4. The second-order valence-corrected chi connectivity index (χ2v) is 9.18. The predicted molar refractivity (Wildman–Crippen MR) is 117 cm³/mol. The minimum absolute atomic E-state index is 0.00314. The zero-order chi connectivity index (χ0) is 22.4. The number of benzene rings is 2. The third-order valence-corrected chi connectivity index (χ3v) is 6.89. The molecule has 0 aromatic heterocycles. The molecule has 31 heavy (non-hydrogen) atoms. The molecule has 1 aliphatic heterocycles. The van der Waals surface area contributed by atoms with Crippen LogP contribution in [0.3, 0.4) is 0 Å². The summed E-state index contributed by atoms with van der Waals surface area (Å²) in [6, 6.07) is 9.90. The Labute approximate surface area is 189 Å². The number of hydrogen-bond acceptors (Lipinski definition) is 2. The van der Waals surface area contributed by atoms with Crippen LogP contribution in [0.1, 0.15) is 48.9 Å². The van der Waals surface area contributed by atoms with Gasteiger partial charge in [-0.05, 0) is 66.3 Å². The molecule has 0 spiro atoms. The number of nitrogens with zero attached hydrogens (tertiary/aromatic N) is 1. The fraction of sp³-hybridized carbons (Fsp3) is 0.435. The van der Waals surface area contributed by atoms with E-state index in [1.165, 1.54) is 18.2 Å². The summed E-state index contributed by atoms with van der Waals surface area (Å²) in [5, 5.41) is 3.41. The summed E-state index contributed by atoms with van der Waals surface area (Å²) < 4.78 is 43.0. The average Bonchev–Trinajstić information content (AvgIpc) is 3.32. The fourth-order valence-corrected chi connectivity index (χ4v) is 5.26. The standard InChI is InChI=1S/C23H23Cl2F3N2O/c1-2-21(31)29-20-6-3-14-9-18(4-5-19(14)20)30-8-7-22(13-30,23(26,27)28)15-10-16(24)12-17(25)11-15/h4-5,9-12,20H,2-3,6-8,13H2,1H3,(H,29,31). The van der Waals surface area contributed by atoms with Gasteiger partial charge < -0.3 is 10.2 Å². The first-order valence-corrected chi connectivity index (χ1v) is 11.1. The molecule has 2 aromatic carbocycles. The van der Waals surface area contributed by atoms with Crippen molar-refractivity contribution in [3.05, 3.63) is 63.1 Å². The van der Waals surface area contributed by atoms with Crippen LogP contribution < -0.4 is 10.2 Å². The molecular formula is C23H23Cl2F3N2O. The number of carbonyl (C=O) groups is 1. The Morgan fingerprint density at radius 3 is 2.55 bits per heavy atom. The van der Waals surface area contributed by atoms with Crippen molar-refractivity contribution in [1.29, 1.82) is 0 Å². The third-order valence-electron chi connectivity index (χ3n) is 6.45. The van der Waals surface area contributed by atoms with E-state index in [0.29, 0.717) is 6.42 Å². The molecule has 1 aliphatic carbocycles. The summed E-state index contributed by atoms with van der Waals surface area (Å²) in [6.07, 6.45) is -2.50. The van der Waals surface area contributed by atoms with Crippen molar-refractivity contribution in [3.8, 4) is 0 Å². The van der Waals surface area contributed by atoms with Crippen molar-refractivity contribution >= 4 is 34.8 Å². The monoisotopic (exact) mass is 470 g/mol. The summed E-state index contributed by atoms with van der Waals surface area (Å²) in [6.45, 7) is 1.89. The number of nitrogens with one attached hydrogen (secondary N) is 1. The van der Waals surface area contributed by atoms with E-state index in [0.717, 1.165) is 29.7 Å². The molecule has 166 valence electrons. The lowest BCUT2D eigenvalue weighted by Crippen LogP contribution is -2.44. The lowest BCUT2D eigenvalue weighted by molar-refractivity contribution is -0.184. The predicted octanol–water partition coefficient (Wildman–Crippen LogP) is 6.22. The molecular weight excluding hydrogens is 448 g/mol. The van der Waals surface area contributed by atoms with Crippen molar-refractivity contribution in [2.45, 2.75) is 50.2 Å². The molecule has 1 amide bonds. The van der Waals surface area contributed by atoms with Gasteiger partial charge in [0.1, 0.15) is 5.41 Å². The minimum atomic E-state index is -4.44. The Hall–Kier alpha value is -1.92. The Balaban J connectivity index is 1.62. The summed E-state index contributed by atoms with van der Waals surface area (Å²) in [5.41, 5.74) is 0.963. The van der Waals surface area contributed by atoms with Gasteiger partial charge >= 0.3 is 6.18 Å². The highest BCUT2D eigenvalue weighted by Gasteiger charge is 2.59. The second kappa shape index (κ2) is 8.21. The van der Waals surface area contributed by atoms with Crippen LogP contribution in [-0.2, 0) is 16.6 Å². The second-order valence-electron chi connectivity index (χ2n) is 8.30. The Morgan fingerprint density at radius 1 is 1.19 bits per heavy atom. The maximum absolute atomic E-state index is 14.3.